The third kappa shape index (κ3) is 3.88. The maximum absolute atomic E-state index is 3.72. The average molecular weight is 248 g/mol. The molecule has 0 radical (unpaired) electrons. The number of hydrogen-bond donors (Lipinski definition) is 1. The second-order valence-electron chi connectivity index (χ2n) is 5.76. The Morgan fingerprint density at radius 2 is 2.00 bits per heavy atom. The number of aromatic nitrogens is 1. The van der Waals surface area contributed by atoms with Crippen molar-refractivity contribution >= 4 is 0 Å². The predicted molar refractivity (Wildman–Crippen MR) is 77.6 cm³/mol. The van der Waals surface area contributed by atoms with E-state index in [4.69, 9.17) is 0 Å². The molecule has 1 N–H and O–H groups in total. The van der Waals surface area contributed by atoms with Crippen LogP contribution in [-0.2, 0) is 13.1 Å². The van der Waals surface area contributed by atoms with Gasteiger partial charge in [-0.1, -0.05) is 20.3 Å². The van der Waals surface area contributed by atoms with Crippen LogP contribution in [-0.4, -0.2) is 10.6 Å². The van der Waals surface area contributed by atoms with Crippen LogP contribution in [0.5, 0.6) is 0 Å². The number of rotatable bonds is 6. The molecule has 1 aliphatic carbocycles. The normalized spacial score (nSPS) is 24.3. The molecule has 0 bridgehead atoms. The summed E-state index contributed by atoms with van der Waals surface area (Å²) in [6.07, 6.45) is 12.6. The minimum Gasteiger partial charge on any atom is -0.354 e. The van der Waals surface area contributed by atoms with Gasteiger partial charge in [-0.15, -0.1) is 0 Å². The van der Waals surface area contributed by atoms with E-state index in [-0.39, 0.29) is 0 Å². The molecule has 1 aliphatic rings. The molecule has 0 spiro atoms. The van der Waals surface area contributed by atoms with Crippen LogP contribution >= 0.6 is 0 Å². The van der Waals surface area contributed by atoms with Crippen LogP contribution in [0.25, 0.3) is 0 Å². The smallest absolute Gasteiger partial charge is 0.0223 e. The first-order valence-electron chi connectivity index (χ1n) is 7.69. The van der Waals surface area contributed by atoms with E-state index >= 15 is 0 Å². The lowest BCUT2D eigenvalue weighted by molar-refractivity contribution is 0.285. The molecule has 2 rings (SSSR count). The molecule has 0 aliphatic heterocycles. The summed E-state index contributed by atoms with van der Waals surface area (Å²) in [7, 11) is 0. The summed E-state index contributed by atoms with van der Waals surface area (Å²) in [5.74, 6) is 0.994. The maximum Gasteiger partial charge on any atom is 0.0223 e. The molecule has 2 heteroatoms. The third-order valence-corrected chi connectivity index (χ3v) is 4.31. The predicted octanol–water partition coefficient (Wildman–Crippen LogP) is 3.96. The van der Waals surface area contributed by atoms with Gasteiger partial charge in [-0.2, -0.15) is 0 Å². The van der Waals surface area contributed by atoms with Gasteiger partial charge in [0, 0.05) is 31.5 Å². The highest BCUT2D eigenvalue weighted by Gasteiger charge is 2.19. The fourth-order valence-electron chi connectivity index (χ4n) is 3.03. The van der Waals surface area contributed by atoms with Crippen molar-refractivity contribution in [3.63, 3.8) is 0 Å². The van der Waals surface area contributed by atoms with Gasteiger partial charge in [-0.05, 0) is 49.7 Å². The van der Waals surface area contributed by atoms with E-state index in [1.165, 1.54) is 44.1 Å². The average Bonchev–Trinajstić information content (AvgIpc) is 2.85. The van der Waals surface area contributed by atoms with Gasteiger partial charge in [0.2, 0.25) is 0 Å². The summed E-state index contributed by atoms with van der Waals surface area (Å²) in [5, 5.41) is 3.72. The Bertz CT molecular complexity index is 335. The van der Waals surface area contributed by atoms with Gasteiger partial charge in [-0.3, -0.25) is 0 Å². The summed E-state index contributed by atoms with van der Waals surface area (Å²) in [6, 6.07) is 3.00. The van der Waals surface area contributed by atoms with Crippen LogP contribution in [0.1, 0.15) is 57.9 Å². The first-order chi connectivity index (χ1) is 8.81. The summed E-state index contributed by atoms with van der Waals surface area (Å²) >= 11 is 0. The molecule has 2 nitrogen and oxygen atoms in total. The fourth-order valence-corrected chi connectivity index (χ4v) is 3.03. The minimum absolute atomic E-state index is 0.752. The van der Waals surface area contributed by atoms with Gasteiger partial charge < -0.3 is 9.88 Å². The quantitative estimate of drug-likeness (QED) is 0.806. The zero-order valence-corrected chi connectivity index (χ0v) is 12.0. The summed E-state index contributed by atoms with van der Waals surface area (Å²) in [6.45, 7) is 6.73. The van der Waals surface area contributed by atoms with E-state index in [2.05, 4.69) is 42.2 Å². The third-order valence-electron chi connectivity index (χ3n) is 4.31. The van der Waals surface area contributed by atoms with E-state index in [9.17, 15) is 0 Å². The van der Waals surface area contributed by atoms with Gasteiger partial charge in [0.15, 0.2) is 0 Å². The van der Waals surface area contributed by atoms with Crippen molar-refractivity contribution in [1.29, 1.82) is 0 Å². The molecule has 0 aromatic carbocycles. The molecule has 1 aromatic heterocycles. The van der Waals surface area contributed by atoms with Gasteiger partial charge in [0.05, 0.1) is 0 Å². The van der Waals surface area contributed by atoms with Crippen LogP contribution in [0.2, 0.25) is 0 Å². The van der Waals surface area contributed by atoms with Crippen molar-refractivity contribution in [2.24, 2.45) is 5.92 Å². The topological polar surface area (TPSA) is 17.0 Å². The van der Waals surface area contributed by atoms with Crippen molar-refractivity contribution < 1.29 is 0 Å². The lowest BCUT2D eigenvalue weighted by atomic mass is 9.84. The molecule has 18 heavy (non-hydrogen) atoms. The second-order valence-corrected chi connectivity index (χ2v) is 5.76. The van der Waals surface area contributed by atoms with Crippen LogP contribution < -0.4 is 5.32 Å². The van der Waals surface area contributed by atoms with Gasteiger partial charge >= 0.3 is 0 Å². The van der Waals surface area contributed by atoms with Crippen molar-refractivity contribution in [2.75, 3.05) is 0 Å². The maximum atomic E-state index is 3.72. The highest BCUT2D eigenvalue weighted by molar-refractivity contribution is 5.10. The molecule has 1 heterocycles. The summed E-state index contributed by atoms with van der Waals surface area (Å²) < 4.78 is 2.30. The van der Waals surface area contributed by atoms with Gasteiger partial charge in [0.1, 0.15) is 0 Å². The van der Waals surface area contributed by atoms with Crippen molar-refractivity contribution in [1.82, 2.24) is 9.88 Å². The van der Waals surface area contributed by atoms with Crippen molar-refractivity contribution in [3.8, 4) is 0 Å². The van der Waals surface area contributed by atoms with E-state index in [1.54, 1.807) is 0 Å². The standard InChI is InChI=1S/C16H28N2/c1-3-10-18-11-9-15(13-18)12-17-16-7-5-14(4-2)6-8-16/h9,11,13-14,16-17H,3-8,10,12H2,1-2H3. The second kappa shape index (κ2) is 6.98. The molecule has 102 valence electrons. The molecule has 0 amide bonds. The zero-order chi connectivity index (χ0) is 12.8. The summed E-state index contributed by atoms with van der Waals surface area (Å²) in [4.78, 5) is 0. The van der Waals surface area contributed by atoms with Gasteiger partial charge in [-0.25, -0.2) is 0 Å². The van der Waals surface area contributed by atoms with Crippen LogP contribution in [0.15, 0.2) is 18.5 Å². The largest absolute Gasteiger partial charge is 0.354 e. The van der Waals surface area contributed by atoms with Crippen molar-refractivity contribution in [2.45, 2.75) is 71.5 Å². The fraction of sp³-hybridized carbons (Fsp3) is 0.750. The Balaban J connectivity index is 1.71. The van der Waals surface area contributed by atoms with E-state index < -0.39 is 0 Å². The molecule has 0 unspecified atom stereocenters. The summed E-state index contributed by atoms with van der Waals surface area (Å²) in [5.41, 5.74) is 1.43. The Morgan fingerprint density at radius 1 is 1.22 bits per heavy atom. The first kappa shape index (κ1) is 13.7. The molecule has 1 aromatic rings. The zero-order valence-electron chi connectivity index (χ0n) is 12.0. The van der Waals surface area contributed by atoms with Gasteiger partial charge in [0.25, 0.3) is 0 Å². The lowest BCUT2D eigenvalue weighted by Gasteiger charge is -2.28. The number of nitrogens with one attached hydrogen (secondary N) is 1. The number of hydrogen-bond acceptors (Lipinski definition) is 1. The van der Waals surface area contributed by atoms with E-state index in [0.717, 1.165) is 25.0 Å². The molecular formula is C16H28N2. The molecule has 1 fully saturated rings. The van der Waals surface area contributed by atoms with E-state index in [1.807, 2.05) is 0 Å². The number of aryl methyl sites for hydroxylation is 1. The monoisotopic (exact) mass is 248 g/mol. The highest BCUT2D eigenvalue weighted by Crippen LogP contribution is 2.26. The molecule has 0 saturated heterocycles. The number of nitrogens with zero attached hydrogens (tertiary/aromatic N) is 1. The Labute approximate surface area is 112 Å². The van der Waals surface area contributed by atoms with Crippen molar-refractivity contribution in [3.05, 3.63) is 24.0 Å². The van der Waals surface area contributed by atoms with E-state index in [0.29, 0.717) is 0 Å². The Morgan fingerprint density at radius 3 is 2.67 bits per heavy atom. The molecule has 1 saturated carbocycles. The molecule has 0 atom stereocenters. The molecular weight excluding hydrogens is 220 g/mol. The highest BCUT2D eigenvalue weighted by atomic mass is 15.0. The Kier molecular flexibility index (Phi) is 5.30. The van der Waals surface area contributed by atoms with Crippen LogP contribution in [0.3, 0.4) is 0 Å². The first-order valence-corrected chi connectivity index (χ1v) is 7.69. The lowest BCUT2D eigenvalue weighted by Crippen LogP contribution is -2.32. The Hall–Kier alpha value is -0.760. The minimum atomic E-state index is 0.752. The van der Waals surface area contributed by atoms with Crippen LogP contribution in [0.4, 0.5) is 0 Å². The van der Waals surface area contributed by atoms with Crippen LogP contribution in [0, 0.1) is 5.92 Å². The SMILES string of the molecule is CCCn1ccc(CNC2CCC(CC)CC2)c1.